The van der Waals surface area contributed by atoms with Gasteiger partial charge in [0.15, 0.2) is 6.19 Å². The van der Waals surface area contributed by atoms with Crippen molar-refractivity contribution in [3.8, 4) is 6.19 Å². The summed E-state index contributed by atoms with van der Waals surface area (Å²) in [6.07, 6.45) is 3.88. The van der Waals surface area contributed by atoms with Crippen molar-refractivity contribution in [2.45, 2.75) is 32.7 Å². The smallest absolute Gasteiger partial charge is 0.182 e. The van der Waals surface area contributed by atoms with Gasteiger partial charge in [-0.05, 0) is 32.3 Å². The third-order valence-electron chi connectivity index (χ3n) is 2.34. The molecule has 0 fully saturated rings. The Morgan fingerprint density at radius 1 is 1.44 bits per heavy atom. The van der Waals surface area contributed by atoms with Crippen molar-refractivity contribution in [3.63, 3.8) is 0 Å². The maximum Gasteiger partial charge on any atom is 0.182 e. The highest BCUT2D eigenvalue weighted by Gasteiger charge is 2.00. The number of aryl methyl sites for hydroxylation is 1. The first-order chi connectivity index (χ1) is 7.72. The van der Waals surface area contributed by atoms with Crippen molar-refractivity contribution < 1.29 is 0 Å². The molecule has 0 spiro atoms. The van der Waals surface area contributed by atoms with Gasteiger partial charge in [0.1, 0.15) is 5.84 Å². The molecule has 0 radical (unpaired) electrons. The number of nitrogens with zero attached hydrogens (tertiary/aromatic N) is 2. The Bertz CT molecular complexity index is 376. The van der Waals surface area contributed by atoms with E-state index in [2.05, 4.69) is 29.4 Å². The molecule has 0 aliphatic rings. The van der Waals surface area contributed by atoms with Crippen molar-refractivity contribution in [3.05, 3.63) is 35.9 Å². The van der Waals surface area contributed by atoms with E-state index in [1.807, 2.05) is 31.3 Å². The number of rotatable bonds is 4. The highest BCUT2D eigenvalue weighted by Crippen LogP contribution is 2.06. The molecule has 0 unspecified atom stereocenters. The van der Waals surface area contributed by atoms with E-state index < -0.39 is 0 Å². The van der Waals surface area contributed by atoms with Crippen LogP contribution in [0.1, 0.15) is 25.8 Å². The molecule has 0 saturated carbocycles. The zero-order valence-corrected chi connectivity index (χ0v) is 9.77. The predicted molar refractivity (Wildman–Crippen MR) is 66.1 cm³/mol. The van der Waals surface area contributed by atoms with Crippen LogP contribution in [0.15, 0.2) is 35.3 Å². The summed E-state index contributed by atoms with van der Waals surface area (Å²) in [6.45, 7) is 3.87. The minimum absolute atomic E-state index is 0.237. The van der Waals surface area contributed by atoms with Gasteiger partial charge in [0.2, 0.25) is 0 Å². The molecule has 1 N–H and O–H groups in total. The van der Waals surface area contributed by atoms with Gasteiger partial charge in [0.25, 0.3) is 0 Å². The van der Waals surface area contributed by atoms with Gasteiger partial charge in [-0.15, -0.1) is 0 Å². The summed E-state index contributed by atoms with van der Waals surface area (Å²) >= 11 is 0. The molecule has 3 heteroatoms. The zero-order valence-electron chi connectivity index (χ0n) is 9.77. The molecular formula is C13H17N3. The van der Waals surface area contributed by atoms with Crippen LogP contribution in [-0.4, -0.2) is 11.9 Å². The van der Waals surface area contributed by atoms with Crippen molar-refractivity contribution in [2.75, 3.05) is 0 Å². The highest BCUT2D eigenvalue weighted by atomic mass is 15.0. The third-order valence-corrected chi connectivity index (χ3v) is 2.34. The van der Waals surface area contributed by atoms with E-state index >= 15 is 0 Å². The Balaban J connectivity index is 2.39. The van der Waals surface area contributed by atoms with E-state index in [1.54, 1.807) is 0 Å². The van der Waals surface area contributed by atoms with Gasteiger partial charge in [-0.25, -0.2) is 0 Å². The SMILES string of the molecule is CC(=N[C@H](C)CCc1ccccc1)NC#N. The second-order valence-electron chi connectivity index (χ2n) is 3.82. The second-order valence-corrected chi connectivity index (χ2v) is 3.82. The Hall–Kier alpha value is -1.82. The number of amidine groups is 1. The largest absolute Gasteiger partial charge is 0.281 e. The van der Waals surface area contributed by atoms with Crippen LogP contribution in [0.25, 0.3) is 0 Å². The molecule has 0 aromatic heterocycles. The molecule has 84 valence electrons. The van der Waals surface area contributed by atoms with Crippen molar-refractivity contribution >= 4 is 5.84 Å². The minimum atomic E-state index is 0.237. The van der Waals surface area contributed by atoms with E-state index in [0.29, 0.717) is 5.84 Å². The van der Waals surface area contributed by atoms with Gasteiger partial charge in [-0.1, -0.05) is 30.3 Å². The Labute approximate surface area is 96.8 Å². The number of aliphatic imine (C=N–C) groups is 1. The molecule has 1 rings (SSSR count). The second kappa shape index (κ2) is 6.62. The van der Waals surface area contributed by atoms with Crippen LogP contribution in [0, 0.1) is 11.5 Å². The third kappa shape index (κ3) is 4.61. The van der Waals surface area contributed by atoms with E-state index in [0.717, 1.165) is 12.8 Å². The molecular weight excluding hydrogens is 198 g/mol. The van der Waals surface area contributed by atoms with Crippen LogP contribution in [-0.2, 0) is 6.42 Å². The van der Waals surface area contributed by atoms with E-state index in [4.69, 9.17) is 5.26 Å². The lowest BCUT2D eigenvalue weighted by Gasteiger charge is -2.07. The normalized spacial score (nSPS) is 12.9. The summed E-state index contributed by atoms with van der Waals surface area (Å²) in [5, 5.41) is 10.9. The van der Waals surface area contributed by atoms with Gasteiger partial charge >= 0.3 is 0 Å². The first-order valence-electron chi connectivity index (χ1n) is 5.46. The quantitative estimate of drug-likeness (QED) is 0.363. The topological polar surface area (TPSA) is 48.2 Å². The van der Waals surface area contributed by atoms with Crippen LogP contribution in [0.5, 0.6) is 0 Å². The fraction of sp³-hybridized carbons (Fsp3) is 0.385. The molecule has 1 aromatic rings. The average Bonchev–Trinajstić information content (AvgIpc) is 2.28. The van der Waals surface area contributed by atoms with Gasteiger partial charge in [-0.3, -0.25) is 10.3 Å². The summed E-state index contributed by atoms with van der Waals surface area (Å²) in [4.78, 5) is 4.36. The average molecular weight is 215 g/mol. The molecule has 1 aromatic carbocycles. The molecule has 3 nitrogen and oxygen atoms in total. The lowest BCUT2D eigenvalue weighted by Crippen LogP contribution is -2.16. The summed E-state index contributed by atoms with van der Waals surface area (Å²) in [5.74, 6) is 0.683. The predicted octanol–water partition coefficient (Wildman–Crippen LogP) is 2.50. The fourth-order valence-corrected chi connectivity index (χ4v) is 1.53. The summed E-state index contributed by atoms with van der Waals surface area (Å²) in [7, 11) is 0. The van der Waals surface area contributed by atoms with Crippen molar-refractivity contribution in [2.24, 2.45) is 4.99 Å². The molecule has 0 bridgehead atoms. The van der Waals surface area contributed by atoms with Crippen LogP contribution in [0.2, 0.25) is 0 Å². The number of hydrogen-bond acceptors (Lipinski definition) is 2. The fourth-order valence-electron chi connectivity index (χ4n) is 1.53. The first-order valence-corrected chi connectivity index (χ1v) is 5.46. The molecule has 16 heavy (non-hydrogen) atoms. The van der Waals surface area contributed by atoms with E-state index in [9.17, 15) is 0 Å². The van der Waals surface area contributed by atoms with Gasteiger partial charge in [-0.2, -0.15) is 5.26 Å². The van der Waals surface area contributed by atoms with Gasteiger partial charge < -0.3 is 0 Å². The standard InChI is InChI=1S/C13H17N3/c1-11(16-12(2)15-10-14)8-9-13-6-4-3-5-7-13/h3-7,11H,8-9H2,1-2H3,(H,15,16)/t11-/m1/s1. The molecule has 0 aliphatic carbocycles. The lowest BCUT2D eigenvalue weighted by atomic mass is 10.1. The Kier molecular flexibility index (Phi) is 5.07. The van der Waals surface area contributed by atoms with Crippen LogP contribution in [0.4, 0.5) is 0 Å². The van der Waals surface area contributed by atoms with E-state index in [-0.39, 0.29) is 6.04 Å². The van der Waals surface area contributed by atoms with Crippen LogP contribution < -0.4 is 5.32 Å². The summed E-state index contributed by atoms with van der Waals surface area (Å²) in [6, 6.07) is 10.6. The van der Waals surface area contributed by atoms with Crippen LogP contribution >= 0.6 is 0 Å². The zero-order chi connectivity index (χ0) is 11.8. The maximum absolute atomic E-state index is 8.42. The van der Waals surface area contributed by atoms with Crippen molar-refractivity contribution in [1.29, 1.82) is 5.26 Å². The molecule has 0 heterocycles. The van der Waals surface area contributed by atoms with Crippen molar-refractivity contribution in [1.82, 2.24) is 5.32 Å². The number of hydrogen-bond donors (Lipinski definition) is 1. The molecule has 0 amide bonds. The van der Waals surface area contributed by atoms with Gasteiger partial charge in [0, 0.05) is 6.04 Å². The summed E-state index contributed by atoms with van der Waals surface area (Å²) in [5.41, 5.74) is 1.33. The number of nitrogens with one attached hydrogen (secondary N) is 1. The van der Waals surface area contributed by atoms with Gasteiger partial charge in [0.05, 0.1) is 0 Å². The van der Waals surface area contributed by atoms with E-state index in [1.165, 1.54) is 5.56 Å². The Morgan fingerprint density at radius 3 is 2.75 bits per heavy atom. The molecule has 0 aliphatic heterocycles. The number of nitriles is 1. The lowest BCUT2D eigenvalue weighted by molar-refractivity contribution is 0.665. The molecule has 0 saturated heterocycles. The Morgan fingerprint density at radius 2 is 2.12 bits per heavy atom. The highest BCUT2D eigenvalue weighted by molar-refractivity contribution is 5.80. The minimum Gasteiger partial charge on any atom is -0.281 e. The molecule has 1 atom stereocenters. The maximum atomic E-state index is 8.42. The summed E-state index contributed by atoms with van der Waals surface area (Å²) < 4.78 is 0. The monoisotopic (exact) mass is 215 g/mol. The first kappa shape index (κ1) is 12.3. The van der Waals surface area contributed by atoms with Crippen LogP contribution in [0.3, 0.4) is 0 Å². The number of benzene rings is 1.